The van der Waals surface area contributed by atoms with Gasteiger partial charge in [0, 0.05) is 46.2 Å². The first-order chi connectivity index (χ1) is 14.5. The number of hydrogen-bond donors (Lipinski definition) is 1. The Balaban J connectivity index is 1.92. The van der Waals surface area contributed by atoms with Gasteiger partial charge in [-0.3, -0.25) is 0 Å². The van der Waals surface area contributed by atoms with E-state index in [0.29, 0.717) is 54.7 Å². The lowest BCUT2D eigenvalue weighted by molar-refractivity contribution is 0.206. The Labute approximate surface area is 175 Å². The molecule has 1 aromatic carbocycles. The first-order valence-corrected chi connectivity index (χ1v) is 9.53. The van der Waals surface area contributed by atoms with Gasteiger partial charge in [0.1, 0.15) is 5.75 Å². The van der Waals surface area contributed by atoms with E-state index >= 15 is 0 Å². The van der Waals surface area contributed by atoms with Crippen molar-refractivity contribution in [3.05, 3.63) is 47.8 Å². The Hall–Kier alpha value is -3.48. The van der Waals surface area contributed by atoms with Crippen LogP contribution in [0.2, 0.25) is 0 Å². The molecule has 156 valence electrons. The van der Waals surface area contributed by atoms with Gasteiger partial charge < -0.3 is 20.1 Å². The lowest BCUT2D eigenvalue weighted by atomic mass is 10.1. The van der Waals surface area contributed by atoms with Crippen LogP contribution in [0.1, 0.15) is 11.1 Å². The van der Waals surface area contributed by atoms with Crippen LogP contribution in [-0.2, 0) is 18.2 Å². The fraction of sp³-hybridized carbons (Fsp3) is 0.333. The maximum Gasteiger partial charge on any atom is 0.219 e. The number of nitrogens with zero attached hydrogens (tertiary/aromatic N) is 6. The number of anilines is 1. The highest BCUT2D eigenvalue weighted by atomic mass is 16.5. The highest BCUT2D eigenvalue weighted by molar-refractivity contribution is 5.66. The van der Waals surface area contributed by atoms with Crippen LogP contribution >= 0.6 is 0 Å². The zero-order valence-corrected chi connectivity index (χ0v) is 17.4. The third kappa shape index (κ3) is 4.92. The predicted molar refractivity (Wildman–Crippen MR) is 113 cm³/mol. The summed E-state index contributed by atoms with van der Waals surface area (Å²) in [6.45, 7) is 1.83. The van der Waals surface area contributed by atoms with Crippen LogP contribution in [0.4, 0.5) is 5.82 Å². The second-order valence-corrected chi connectivity index (χ2v) is 6.76. The minimum Gasteiger partial charge on any atom is -0.438 e. The fourth-order valence-corrected chi connectivity index (χ4v) is 2.82. The molecule has 0 atom stereocenters. The largest absolute Gasteiger partial charge is 0.438 e. The molecule has 3 aromatic rings. The van der Waals surface area contributed by atoms with Gasteiger partial charge in [-0.05, 0) is 36.7 Å². The highest BCUT2D eigenvalue weighted by Crippen LogP contribution is 2.33. The molecule has 0 aliphatic carbocycles. The lowest BCUT2D eigenvalue weighted by Crippen LogP contribution is -2.22. The molecule has 2 heterocycles. The molecule has 0 radical (unpaired) electrons. The molecule has 0 saturated carbocycles. The minimum atomic E-state index is 0.480. The molecule has 9 heteroatoms. The van der Waals surface area contributed by atoms with Gasteiger partial charge >= 0.3 is 0 Å². The van der Waals surface area contributed by atoms with Crippen LogP contribution < -0.4 is 15.4 Å². The monoisotopic (exact) mass is 407 g/mol. The molecule has 0 aliphatic heterocycles. The number of benzene rings is 1. The van der Waals surface area contributed by atoms with E-state index in [9.17, 15) is 5.26 Å². The number of aryl methyl sites for hydroxylation is 1. The Morgan fingerprint density at radius 2 is 2.00 bits per heavy atom. The maximum absolute atomic E-state index is 9.31. The number of ether oxygens (including phenoxy) is 2. The first kappa shape index (κ1) is 21.2. The maximum atomic E-state index is 9.31. The Morgan fingerprint density at radius 1 is 1.23 bits per heavy atom. The van der Waals surface area contributed by atoms with Crippen molar-refractivity contribution in [2.75, 3.05) is 38.8 Å². The van der Waals surface area contributed by atoms with Gasteiger partial charge in [0.05, 0.1) is 23.8 Å². The van der Waals surface area contributed by atoms with E-state index in [1.165, 1.54) is 0 Å². The van der Waals surface area contributed by atoms with Crippen LogP contribution in [0.5, 0.6) is 11.6 Å². The molecule has 0 unspecified atom stereocenters. The van der Waals surface area contributed by atoms with Gasteiger partial charge in [0.15, 0.2) is 11.6 Å². The molecule has 0 aliphatic rings. The molecular weight excluding hydrogens is 382 g/mol. The summed E-state index contributed by atoms with van der Waals surface area (Å²) in [5, 5.41) is 13.8. The van der Waals surface area contributed by atoms with Crippen molar-refractivity contribution >= 4 is 5.82 Å². The summed E-state index contributed by atoms with van der Waals surface area (Å²) in [5.74, 6) is 2.28. The third-order valence-electron chi connectivity index (χ3n) is 4.55. The molecular formula is C21H25N7O2. The molecule has 2 aromatic heterocycles. The van der Waals surface area contributed by atoms with Gasteiger partial charge in [-0.1, -0.05) is 0 Å². The van der Waals surface area contributed by atoms with Gasteiger partial charge in [0.25, 0.3) is 0 Å². The van der Waals surface area contributed by atoms with Gasteiger partial charge in [-0.15, -0.1) is 0 Å². The summed E-state index contributed by atoms with van der Waals surface area (Å²) in [6, 6.07) is 9.15. The smallest absolute Gasteiger partial charge is 0.219 e. The number of hydrogen-bond acceptors (Lipinski definition) is 8. The minimum absolute atomic E-state index is 0.480. The average molecular weight is 407 g/mol. The second-order valence-electron chi connectivity index (χ2n) is 6.76. The number of aromatic nitrogens is 4. The number of nitrogens with two attached hydrogens (primary N) is 1. The molecule has 0 spiro atoms. The molecule has 0 saturated heterocycles. The quantitative estimate of drug-likeness (QED) is 0.574. The summed E-state index contributed by atoms with van der Waals surface area (Å²) in [4.78, 5) is 10.9. The van der Waals surface area contributed by atoms with E-state index < -0.39 is 0 Å². The number of likely N-dealkylation sites (N-methyl/N-ethyl adjacent to an activating group) is 1. The van der Waals surface area contributed by atoms with E-state index in [4.69, 9.17) is 15.2 Å². The van der Waals surface area contributed by atoms with E-state index in [2.05, 4.69) is 21.1 Å². The van der Waals surface area contributed by atoms with Crippen LogP contribution in [0.25, 0.3) is 11.4 Å². The van der Waals surface area contributed by atoms with E-state index in [1.807, 2.05) is 18.0 Å². The summed E-state index contributed by atoms with van der Waals surface area (Å²) in [6.07, 6.45) is 4.22. The summed E-state index contributed by atoms with van der Waals surface area (Å²) < 4.78 is 12.9. The van der Waals surface area contributed by atoms with E-state index in [0.717, 1.165) is 11.4 Å². The predicted octanol–water partition coefficient (Wildman–Crippen LogP) is 2.12. The van der Waals surface area contributed by atoms with Crippen LogP contribution in [0.15, 0.2) is 36.7 Å². The molecule has 9 nitrogen and oxygen atoms in total. The molecule has 0 amide bonds. The van der Waals surface area contributed by atoms with Crippen molar-refractivity contribution < 1.29 is 9.47 Å². The first-order valence-electron chi connectivity index (χ1n) is 9.53. The molecule has 2 N–H and O–H groups in total. The number of nitriles is 1. The Bertz CT molecular complexity index is 1020. The fourth-order valence-electron chi connectivity index (χ4n) is 2.82. The zero-order valence-electron chi connectivity index (χ0n) is 17.4. The van der Waals surface area contributed by atoms with Crippen molar-refractivity contribution in [2.45, 2.75) is 6.42 Å². The van der Waals surface area contributed by atoms with Gasteiger partial charge in [0.2, 0.25) is 5.88 Å². The van der Waals surface area contributed by atoms with Crippen molar-refractivity contribution in [1.82, 2.24) is 19.7 Å². The van der Waals surface area contributed by atoms with Gasteiger partial charge in [-0.25, -0.2) is 14.6 Å². The van der Waals surface area contributed by atoms with E-state index in [1.54, 1.807) is 49.4 Å². The lowest BCUT2D eigenvalue weighted by Gasteiger charge is -2.14. The van der Waals surface area contributed by atoms with Crippen LogP contribution in [-0.4, -0.2) is 53.6 Å². The summed E-state index contributed by atoms with van der Waals surface area (Å²) in [7, 11) is 5.40. The zero-order chi connectivity index (χ0) is 21.5. The Kier molecular flexibility index (Phi) is 6.95. The molecule has 0 fully saturated rings. The summed E-state index contributed by atoms with van der Waals surface area (Å²) in [5.41, 5.74) is 7.72. The standard InChI is InChI=1S/C21H25N7O2/c1-27(8-9-29-3)19-11-20(28(2)26-19)30-18-10-15(12-23)4-5-17(18)21-24-13-16(6-7-22)14-25-21/h4-5,10-11,13-14H,6-9,22H2,1-3H3. The van der Waals surface area contributed by atoms with Crippen LogP contribution in [0.3, 0.4) is 0 Å². The third-order valence-corrected chi connectivity index (χ3v) is 4.55. The molecule has 30 heavy (non-hydrogen) atoms. The SMILES string of the molecule is COCCN(C)c1cc(Oc2cc(C#N)ccc2-c2ncc(CCN)cn2)n(C)n1. The van der Waals surface area contributed by atoms with Crippen molar-refractivity contribution in [2.24, 2.45) is 12.8 Å². The van der Waals surface area contributed by atoms with Crippen LogP contribution in [0, 0.1) is 11.3 Å². The summed E-state index contributed by atoms with van der Waals surface area (Å²) >= 11 is 0. The molecule has 3 rings (SSSR count). The van der Waals surface area contributed by atoms with Crippen molar-refractivity contribution in [3.63, 3.8) is 0 Å². The van der Waals surface area contributed by atoms with Crippen molar-refractivity contribution in [3.8, 4) is 29.1 Å². The van der Waals surface area contributed by atoms with Gasteiger partial charge in [-0.2, -0.15) is 10.4 Å². The average Bonchev–Trinajstić information content (AvgIpc) is 3.13. The number of rotatable bonds is 9. The number of methoxy groups -OCH3 is 1. The van der Waals surface area contributed by atoms with Crippen molar-refractivity contribution in [1.29, 1.82) is 5.26 Å². The second kappa shape index (κ2) is 9.82. The van der Waals surface area contributed by atoms with E-state index in [-0.39, 0.29) is 0 Å². The highest BCUT2D eigenvalue weighted by Gasteiger charge is 2.16. The molecule has 0 bridgehead atoms. The normalized spacial score (nSPS) is 10.6. The Morgan fingerprint density at radius 3 is 2.67 bits per heavy atom. The topological polar surface area (TPSA) is 115 Å².